The fourth-order valence-electron chi connectivity index (χ4n) is 6.33. The minimum absolute atomic E-state index is 0.0303. The van der Waals surface area contributed by atoms with Crippen LogP contribution in [0.4, 0.5) is 0 Å². The number of carboxylic acid groups (broad SMARTS) is 1. The number of allylic oxidation sites excluding steroid dienone is 14. The van der Waals surface area contributed by atoms with Crippen LogP contribution in [-0.2, 0) is 28.6 Å². The van der Waals surface area contributed by atoms with Crippen molar-refractivity contribution in [1.29, 1.82) is 0 Å². The van der Waals surface area contributed by atoms with Crippen molar-refractivity contribution in [2.24, 2.45) is 0 Å². The van der Waals surface area contributed by atoms with E-state index in [-0.39, 0.29) is 42.7 Å². The lowest BCUT2D eigenvalue weighted by molar-refractivity contribution is -0.887. The lowest BCUT2D eigenvalue weighted by atomic mass is 10.1. The molecule has 59 heavy (non-hydrogen) atoms. The van der Waals surface area contributed by atoms with Gasteiger partial charge in [0.25, 0.3) is 0 Å². The van der Waals surface area contributed by atoms with Crippen molar-refractivity contribution in [3.63, 3.8) is 0 Å². The van der Waals surface area contributed by atoms with Crippen LogP contribution in [0.5, 0.6) is 0 Å². The van der Waals surface area contributed by atoms with Gasteiger partial charge in [0, 0.05) is 19.3 Å². The van der Waals surface area contributed by atoms with Gasteiger partial charge in [-0.2, -0.15) is 0 Å². The molecule has 0 aliphatic heterocycles. The standard InChI is InChI=1S/C51H85NO7/c1-6-8-10-12-14-16-18-20-21-22-23-24-25-26-27-28-30-32-34-36-38-40-42-50(54)59-47(45-57-44-43-48(51(55)56)52(3,4)5)46-58-49(53)41-39-37-35-33-31-29-19-17-15-13-11-9-7-2/h9,11,13,15,17,19,22-23,25-26,29,31,33,35,47-48H,6-8,10,12,14,16,18,20-21,24,27-28,30,32,34,36-46H2,1-5H3/p+1/b11-9+,15-13+,19-17+,23-22+,26-25+,31-29+,35-33+. The average Bonchev–Trinajstić information content (AvgIpc) is 3.19. The Morgan fingerprint density at radius 3 is 1.58 bits per heavy atom. The van der Waals surface area contributed by atoms with Gasteiger partial charge in [0.15, 0.2) is 12.1 Å². The van der Waals surface area contributed by atoms with Gasteiger partial charge >= 0.3 is 17.9 Å². The first-order valence-corrected chi connectivity index (χ1v) is 23.2. The second-order valence-corrected chi connectivity index (χ2v) is 16.4. The number of aliphatic carboxylic acids is 1. The number of carbonyl (C=O) groups is 3. The first-order valence-electron chi connectivity index (χ1n) is 23.2. The number of likely N-dealkylation sites (N-methyl/N-ethyl adjacent to an activating group) is 1. The van der Waals surface area contributed by atoms with Gasteiger partial charge in [-0.05, 0) is 57.8 Å². The molecule has 0 saturated heterocycles. The van der Waals surface area contributed by atoms with Crippen LogP contribution in [0.1, 0.15) is 168 Å². The largest absolute Gasteiger partial charge is 0.477 e. The molecule has 2 atom stereocenters. The van der Waals surface area contributed by atoms with Crippen molar-refractivity contribution < 1.29 is 38.2 Å². The molecule has 0 amide bonds. The van der Waals surface area contributed by atoms with Crippen LogP contribution in [0.25, 0.3) is 0 Å². The van der Waals surface area contributed by atoms with Crippen molar-refractivity contribution >= 4 is 17.9 Å². The van der Waals surface area contributed by atoms with Crippen LogP contribution in [0.3, 0.4) is 0 Å². The van der Waals surface area contributed by atoms with Crippen LogP contribution in [0.15, 0.2) is 85.1 Å². The van der Waals surface area contributed by atoms with Crippen LogP contribution >= 0.6 is 0 Å². The number of nitrogens with zero attached hydrogens (tertiary/aromatic N) is 1. The Hall–Kier alpha value is -3.49. The highest BCUT2D eigenvalue weighted by atomic mass is 16.6. The lowest BCUT2D eigenvalue weighted by Crippen LogP contribution is -2.50. The SMILES string of the molecule is CC/C=C/C=C/C=C/C=C/C=C/CCCC(=O)OCC(COCCC(C(=O)O)[N+](C)(C)C)OC(=O)CCCCCCCCC/C=C/C/C=C/CCCCCCCCCC. The van der Waals surface area contributed by atoms with E-state index in [0.717, 1.165) is 51.4 Å². The number of rotatable bonds is 40. The van der Waals surface area contributed by atoms with Gasteiger partial charge < -0.3 is 23.8 Å². The molecule has 0 aromatic carbocycles. The molecule has 0 aromatic heterocycles. The third-order valence-electron chi connectivity index (χ3n) is 9.91. The molecular formula is C51H86NO7+. The van der Waals surface area contributed by atoms with Crippen LogP contribution in [0, 0.1) is 0 Å². The van der Waals surface area contributed by atoms with Gasteiger partial charge in [0.1, 0.15) is 6.61 Å². The van der Waals surface area contributed by atoms with Crippen LogP contribution in [-0.4, -0.2) is 80.6 Å². The summed E-state index contributed by atoms with van der Waals surface area (Å²) >= 11 is 0. The van der Waals surface area contributed by atoms with E-state index in [4.69, 9.17) is 14.2 Å². The van der Waals surface area contributed by atoms with E-state index in [1.54, 1.807) is 0 Å². The van der Waals surface area contributed by atoms with E-state index in [1.165, 1.54) is 77.0 Å². The van der Waals surface area contributed by atoms with Crippen LogP contribution in [0.2, 0.25) is 0 Å². The zero-order chi connectivity index (χ0) is 43.5. The average molecular weight is 825 g/mol. The van der Waals surface area contributed by atoms with Gasteiger partial charge in [0.05, 0.1) is 34.4 Å². The first-order chi connectivity index (χ1) is 28.6. The molecule has 0 aliphatic rings. The third-order valence-corrected chi connectivity index (χ3v) is 9.91. The quantitative estimate of drug-likeness (QED) is 0.0216. The first kappa shape index (κ1) is 55.5. The van der Waals surface area contributed by atoms with Crippen LogP contribution < -0.4 is 0 Å². The van der Waals surface area contributed by atoms with Gasteiger partial charge in [-0.25, -0.2) is 4.79 Å². The summed E-state index contributed by atoms with van der Waals surface area (Å²) in [5.41, 5.74) is 0. The van der Waals surface area contributed by atoms with Crippen molar-refractivity contribution in [3.05, 3.63) is 85.1 Å². The normalized spacial score (nSPS) is 13.7. The Labute approximate surface area is 361 Å². The molecule has 336 valence electrons. The number of hydrogen-bond donors (Lipinski definition) is 1. The van der Waals surface area contributed by atoms with Crippen molar-refractivity contribution in [2.45, 2.75) is 180 Å². The number of unbranched alkanes of at least 4 members (excludes halogenated alkanes) is 16. The highest BCUT2D eigenvalue weighted by Gasteiger charge is 2.31. The van der Waals surface area contributed by atoms with Crippen molar-refractivity contribution in [3.8, 4) is 0 Å². The molecule has 2 unspecified atom stereocenters. The zero-order valence-corrected chi connectivity index (χ0v) is 38.2. The third kappa shape index (κ3) is 39.7. The Kier molecular flexibility index (Phi) is 38.8. The predicted molar refractivity (Wildman–Crippen MR) is 247 cm³/mol. The molecule has 0 spiro atoms. The van der Waals surface area contributed by atoms with E-state index in [0.29, 0.717) is 19.3 Å². The molecule has 0 bridgehead atoms. The Bertz CT molecular complexity index is 1240. The van der Waals surface area contributed by atoms with Gasteiger partial charge in [0.2, 0.25) is 0 Å². The maximum Gasteiger partial charge on any atom is 0.362 e. The molecule has 0 aliphatic carbocycles. The van der Waals surface area contributed by atoms with E-state index < -0.39 is 18.1 Å². The predicted octanol–water partition coefficient (Wildman–Crippen LogP) is 12.9. The van der Waals surface area contributed by atoms with E-state index >= 15 is 0 Å². The van der Waals surface area contributed by atoms with Crippen molar-refractivity contribution in [2.75, 3.05) is 41.0 Å². The monoisotopic (exact) mass is 825 g/mol. The second-order valence-electron chi connectivity index (χ2n) is 16.4. The zero-order valence-electron chi connectivity index (χ0n) is 38.2. The van der Waals surface area contributed by atoms with Gasteiger partial charge in [-0.3, -0.25) is 9.59 Å². The van der Waals surface area contributed by atoms with E-state index in [2.05, 4.69) is 44.2 Å². The summed E-state index contributed by atoms with van der Waals surface area (Å²) in [6.07, 6.45) is 53.6. The Morgan fingerprint density at radius 2 is 1.03 bits per heavy atom. The minimum Gasteiger partial charge on any atom is -0.477 e. The Morgan fingerprint density at radius 1 is 0.542 bits per heavy atom. The summed E-state index contributed by atoms with van der Waals surface area (Å²) in [6, 6.07) is -0.631. The number of carboxylic acids is 1. The van der Waals surface area contributed by atoms with Gasteiger partial charge in [-0.1, -0.05) is 176 Å². The molecule has 0 aromatic rings. The molecule has 0 fully saturated rings. The van der Waals surface area contributed by atoms with E-state index in [9.17, 15) is 19.5 Å². The minimum atomic E-state index is -0.889. The molecule has 0 saturated carbocycles. The van der Waals surface area contributed by atoms with E-state index in [1.807, 2.05) is 75.8 Å². The molecule has 8 nitrogen and oxygen atoms in total. The summed E-state index contributed by atoms with van der Waals surface area (Å²) in [4.78, 5) is 37.0. The maximum absolute atomic E-state index is 12.7. The molecular weight excluding hydrogens is 739 g/mol. The number of carbonyl (C=O) groups excluding carboxylic acids is 2. The topological polar surface area (TPSA) is 99.1 Å². The summed E-state index contributed by atoms with van der Waals surface area (Å²) < 4.78 is 17.2. The summed E-state index contributed by atoms with van der Waals surface area (Å²) in [5.74, 6) is -1.58. The fourth-order valence-corrected chi connectivity index (χ4v) is 6.33. The van der Waals surface area contributed by atoms with Crippen molar-refractivity contribution in [1.82, 2.24) is 0 Å². The second kappa shape index (κ2) is 41.3. The molecule has 1 N–H and O–H groups in total. The summed E-state index contributed by atoms with van der Waals surface area (Å²) in [7, 11) is 5.49. The molecule has 0 rings (SSSR count). The highest BCUT2D eigenvalue weighted by Crippen LogP contribution is 2.13. The number of hydrogen-bond acceptors (Lipinski definition) is 6. The summed E-state index contributed by atoms with van der Waals surface area (Å²) in [6.45, 7) is 4.49. The number of quaternary nitrogens is 1. The number of esters is 2. The highest BCUT2D eigenvalue weighted by molar-refractivity contribution is 5.72. The smallest absolute Gasteiger partial charge is 0.362 e. The molecule has 0 heterocycles. The van der Waals surface area contributed by atoms with Gasteiger partial charge in [-0.15, -0.1) is 0 Å². The molecule has 0 radical (unpaired) electrons. The Balaban J connectivity index is 4.38. The molecule has 8 heteroatoms. The fraction of sp³-hybridized carbons (Fsp3) is 0.667. The summed E-state index contributed by atoms with van der Waals surface area (Å²) in [5, 5.41) is 9.62. The number of ether oxygens (including phenoxy) is 3. The maximum atomic E-state index is 12.7. The lowest BCUT2D eigenvalue weighted by Gasteiger charge is -2.31.